The molecule has 1 fully saturated rings. The van der Waals surface area contributed by atoms with Crippen LogP contribution in [0.3, 0.4) is 0 Å². The molecule has 0 saturated carbocycles. The van der Waals surface area contributed by atoms with Gasteiger partial charge >= 0.3 is 11.9 Å². The van der Waals surface area contributed by atoms with Crippen molar-refractivity contribution in [3.05, 3.63) is 60.8 Å². The van der Waals surface area contributed by atoms with Crippen LogP contribution >= 0.6 is 0 Å². The first-order chi connectivity index (χ1) is 25.5. The molecule has 0 amide bonds. The molecule has 13 heteroatoms. The highest BCUT2D eigenvalue weighted by Crippen LogP contribution is 2.24. The molecule has 1 aliphatic heterocycles. The van der Waals surface area contributed by atoms with Crippen molar-refractivity contribution in [2.24, 2.45) is 0 Å². The molecule has 12 nitrogen and oxygen atoms in total. The fourth-order valence-electron chi connectivity index (χ4n) is 5.38. The van der Waals surface area contributed by atoms with Crippen LogP contribution in [0.2, 0.25) is 0 Å². The van der Waals surface area contributed by atoms with E-state index in [0.717, 1.165) is 64.2 Å². The molecule has 1 aliphatic rings. The molecule has 304 valence electrons. The summed E-state index contributed by atoms with van der Waals surface area (Å²) in [5.74, 6) is -2.06. The highest BCUT2D eigenvalue weighted by atomic mass is 32.2. The van der Waals surface area contributed by atoms with Gasteiger partial charge in [-0.2, -0.15) is 8.42 Å². The zero-order valence-electron chi connectivity index (χ0n) is 31.8. The summed E-state index contributed by atoms with van der Waals surface area (Å²) in [6, 6.07) is 0. The zero-order valence-corrected chi connectivity index (χ0v) is 32.7. The van der Waals surface area contributed by atoms with Crippen molar-refractivity contribution < 1.29 is 56.8 Å². The molecule has 1 heterocycles. The molecular formula is C40H66O12S. The molecule has 0 aromatic rings. The van der Waals surface area contributed by atoms with Gasteiger partial charge in [0, 0.05) is 12.8 Å². The van der Waals surface area contributed by atoms with E-state index in [0.29, 0.717) is 12.8 Å². The Kier molecular flexibility index (Phi) is 28.0. The predicted molar refractivity (Wildman–Crippen MR) is 205 cm³/mol. The highest BCUT2D eigenvalue weighted by Gasteiger charge is 2.46. The Bertz CT molecular complexity index is 1230. The number of unbranched alkanes of at least 4 members (excludes halogenated alkanes) is 11. The van der Waals surface area contributed by atoms with Crippen molar-refractivity contribution in [3.8, 4) is 0 Å². The Morgan fingerprint density at radius 2 is 1.21 bits per heavy atom. The summed E-state index contributed by atoms with van der Waals surface area (Å²) in [5, 5.41) is 30.7. The molecule has 0 aliphatic carbocycles. The third-order valence-electron chi connectivity index (χ3n) is 8.43. The van der Waals surface area contributed by atoms with E-state index in [9.17, 15) is 37.9 Å². The van der Waals surface area contributed by atoms with Gasteiger partial charge in [0.2, 0.25) is 0 Å². The summed E-state index contributed by atoms with van der Waals surface area (Å²) >= 11 is 0. The number of hydrogen-bond acceptors (Lipinski definition) is 11. The number of carbonyl (C=O) groups excluding carboxylic acids is 2. The lowest BCUT2D eigenvalue weighted by atomic mass is 10.00. The Balaban J connectivity index is 2.57. The standard InChI is InChI=1S/C40H66O12S/c1-3-5-7-9-11-13-15-17-19-21-23-25-27-29-36(42)51-33(31-50-40-39(45)38(44)37(43)34(52-40)32-53(46,47)48)30-49-35(41)28-26-24-22-20-18-16-14-12-10-8-6-4-2/h5,7,9,11-15,17,19,33-34,37-40,43-45H,3-4,6,8,10,16,18,20-32H2,1-2H3,(H,46,47,48)/b7-5+,11-9+,14-12+,15-13+,19-17+/t33?,34-,37-,38?,39?,40+/m1/s1. The SMILES string of the molecule is CC/C=C/C=C/C=C/C=C/CCCCCC(=O)OC(COC(=O)CCCCCCC/C=C/CCCCC)CO[C@H]1O[C@H](CS(=O)(=O)O)[C@@H](O)C(O)C1O. The van der Waals surface area contributed by atoms with Crippen molar-refractivity contribution in [2.75, 3.05) is 19.0 Å². The molecule has 1 rings (SSSR count). The number of ether oxygens (including phenoxy) is 4. The fourth-order valence-corrected chi connectivity index (χ4v) is 6.08. The maximum absolute atomic E-state index is 12.7. The molecule has 3 unspecified atom stereocenters. The number of rotatable bonds is 30. The largest absolute Gasteiger partial charge is 0.462 e. The van der Waals surface area contributed by atoms with Gasteiger partial charge in [-0.1, -0.05) is 113 Å². The predicted octanol–water partition coefficient (Wildman–Crippen LogP) is 6.61. The van der Waals surface area contributed by atoms with Crippen molar-refractivity contribution in [1.82, 2.24) is 0 Å². The third-order valence-corrected chi connectivity index (χ3v) is 9.18. The topological polar surface area (TPSA) is 186 Å². The average molecular weight is 771 g/mol. The number of carbonyl (C=O) groups is 2. The van der Waals surface area contributed by atoms with Gasteiger partial charge < -0.3 is 34.3 Å². The molecule has 0 radical (unpaired) electrons. The Hall–Kier alpha value is -2.65. The Labute approximate surface area is 317 Å². The van der Waals surface area contributed by atoms with Gasteiger partial charge in [0.15, 0.2) is 12.4 Å². The molecule has 6 atom stereocenters. The van der Waals surface area contributed by atoms with Crippen LogP contribution in [-0.4, -0.2) is 96.0 Å². The van der Waals surface area contributed by atoms with Crippen LogP contribution in [0.5, 0.6) is 0 Å². The molecule has 4 N–H and O–H groups in total. The monoisotopic (exact) mass is 770 g/mol. The number of aliphatic hydroxyl groups excluding tert-OH is 3. The van der Waals surface area contributed by atoms with E-state index in [2.05, 4.69) is 38.2 Å². The molecule has 0 aromatic carbocycles. The maximum atomic E-state index is 12.7. The number of aliphatic hydroxyl groups is 3. The zero-order chi connectivity index (χ0) is 39.2. The van der Waals surface area contributed by atoms with Crippen LogP contribution in [0, 0.1) is 0 Å². The van der Waals surface area contributed by atoms with E-state index in [1.54, 1.807) is 0 Å². The molecule has 0 bridgehead atoms. The quantitative estimate of drug-likeness (QED) is 0.0202. The van der Waals surface area contributed by atoms with Crippen LogP contribution in [-0.2, 0) is 38.7 Å². The second-order valence-corrected chi connectivity index (χ2v) is 14.8. The Morgan fingerprint density at radius 1 is 0.660 bits per heavy atom. The van der Waals surface area contributed by atoms with Gasteiger partial charge in [-0.15, -0.1) is 0 Å². The van der Waals surface area contributed by atoms with Gasteiger partial charge in [0.1, 0.15) is 36.8 Å². The average Bonchev–Trinajstić information content (AvgIpc) is 3.12. The summed E-state index contributed by atoms with van der Waals surface area (Å²) in [6.07, 6.45) is 25.7. The number of allylic oxidation sites excluding steroid dienone is 10. The number of hydrogen-bond donors (Lipinski definition) is 4. The van der Waals surface area contributed by atoms with E-state index in [-0.39, 0.29) is 19.4 Å². The van der Waals surface area contributed by atoms with Gasteiger partial charge in [-0.25, -0.2) is 0 Å². The van der Waals surface area contributed by atoms with Crippen LogP contribution in [0.15, 0.2) is 60.8 Å². The van der Waals surface area contributed by atoms with Crippen LogP contribution < -0.4 is 0 Å². The van der Waals surface area contributed by atoms with Crippen LogP contribution in [0.1, 0.15) is 123 Å². The van der Waals surface area contributed by atoms with Crippen molar-refractivity contribution in [1.29, 1.82) is 0 Å². The van der Waals surface area contributed by atoms with Crippen molar-refractivity contribution in [2.45, 2.75) is 160 Å². The third kappa shape index (κ3) is 25.9. The van der Waals surface area contributed by atoms with E-state index < -0.39 is 71.2 Å². The number of esters is 2. The van der Waals surface area contributed by atoms with Crippen LogP contribution in [0.25, 0.3) is 0 Å². The van der Waals surface area contributed by atoms with Crippen LogP contribution in [0.4, 0.5) is 0 Å². The van der Waals surface area contributed by atoms with Gasteiger partial charge in [0.25, 0.3) is 10.1 Å². The molecular weight excluding hydrogens is 704 g/mol. The molecule has 0 aromatic heterocycles. The Morgan fingerprint density at radius 3 is 1.85 bits per heavy atom. The van der Waals surface area contributed by atoms with E-state index in [1.165, 1.54) is 19.3 Å². The smallest absolute Gasteiger partial charge is 0.306 e. The van der Waals surface area contributed by atoms with Gasteiger partial charge in [-0.3, -0.25) is 14.1 Å². The van der Waals surface area contributed by atoms with Gasteiger partial charge in [-0.05, 0) is 57.8 Å². The van der Waals surface area contributed by atoms with Crippen molar-refractivity contribution >= 4 is 22.1 Å². The van der Waals surface area contributed by atoms with E-state index in [4.69, 9.17) is 18.9 Å². The fraction of sp³-hybridized carbons (Fsp3) is 0.700. The highest BCUT2D eigenvalue weighted by molar-refractivity contribution is 7.85. The van der Waals surface area contributed by atoms with Crippen molar-refractivity contribution in [3.63, 3.8) is 0 Å². The maximum Gasteiger partial charge on any atom is 0.306 e. The molecule has 1 saturated heterocycles. The minimum Gasteiger partial charge on any atom is -0.462 e. The minimum absolute atomic E-state index is 0.114. The lowest BCUT2D eigenvalue weighted by Crippen LogP contribution is -2.60. The summed E-state index contributed by atoms with van der Waals surface area (Å²) in [5.41, 5.74) is 0. The summed E-state index contributed by atoms with van der Waals surface area (Å²) in [6.45, 7) is 3.51. The second-order valence-electron chi connectivity index (χ2n) is 13.3. The summed E-state index contributed by atoms with van der Waals surface area (Å²) in [7, 11) is -4.61. The summed E-state index contributed by atoms with van der Waals surface area (Å²) < 4.78 is 53.7. The second kappa shape index (κ2) is 30.7. The first kappa shape index (κ1) is 48.4. The summed E-state index contributed by atoms with van der Waals surface area (Å²) in [4.78, 5) is 25.2. The van der Waals surface area contributed by atoms with Gasteiger partial charge in [0.05, 0.1) is 6.61 Å². The molecule has 0 spiro atoms. The molecule has 53 heavy (non-hydrogen) atoms. The normalized spacial score (nSPS) is 21.8. The first-order valence-electron chi connectivity index (χ1n) is 19.4. The lowest BCUT2D eigenvalue weighted by molar-refractivity contribution is -0.297. The first-order valence-corrected chi connectivity index (χ1v) is 21.0. The van der Waals surface area contributed by atoms with E-state index >= 15 is 0 Å². The minimum atomic E-state index is -4.61. The van der Waals surface area contributed by atoms with E-state index in [1.807, 2.05) is 36.5 Å². The lowest BCUT2D eigenvalue weighted by Gasteiger charge is -2.40.